The molecule has 0 spiro atoms. The van der Waals surface area contributed by atoms with Crippen molar-refractivity contribution in [2.45, 2.75) is 6.92 Å². The van der Waals surface area contributed by atoms with Crippen LogP contribution in [0.1, 0.15) is 16.1 Å². The fraction of sp³-hybridized carbons (Fsp3) is 0.0667. The van der Waals surface area contributed by atoms with Gasteiger partial charge in [0.25, 0.3) is 0 Å². The molecule has 1 N–H and O–H groups in total. The van der Waals surface area contributed by atoms with E-state index in [0.717, 1.165) is 0 Å². The Bertz CT molecular complexity index is 930. The molecule has 0 radical (unpaired) electrons. The number of carboxylic acids is 1. The van der Waals surface area contributed by atoms with Gasteiger partial charge in [-0.15, -0.1) is 10.2 Å². The standard InChI is InChI=1S/C15H10Cl2N4O2/c1-8-14(20-19-13-10(16)3-2-4-11(13)17)21-7-9(15(22)23)5-6-12(21)18-8/h2-7H,1H3,(H,22,23). The zero-order valence-electron chi connectivity index (χ0n) is 11.9. The number of pyridine rings is 1. The second-order valence-electron chi connectivity index (χ2n) is 4.74. The molecule has 3 aromatic rings. The summed E-state index contributed by atoms with van der Waals surface area (Å²) in [5.41, 5.74) is 1.66. The van der Waals surface area contributed by atoms with Gasteiger partial charge in [-0.1, -0.05) is 29.3 Å². The van der Waals surface area contributed by atoms with E-state index in [0.29, 0.717) is 32.9 Å². The molecule has 2 aromatic heterocycles. The quantitative estimate of drug-likeness (QED) is 0.671. The molecule has 0 bridgehead atoms. The molecule has 0 saturated carbocycles. The minimum absolute atomic E-state index is 0.127. The largest absolute Gasteiger partial charge is 0.478 e. The van der Waals surface area contributed by atoms with Crippen LogP contribution in [0.3, 0.4) is 0 Å². The number of hydrogen-bond donors (Lipinski definition) is 1. The van der Waals surface area contributed by atoms with Crippen molar-refractivity contribution in [3.8, 4) is 0 Å². The number of halogens is 2. The number of aromatic carboxylic acids is 1. The van der Waals surface area contributed by atoms with Crippen molar-refractivity contribution in [3.63, 3.8) is 0 Å². The van der Waals surface area contributed by atoms with Gasteiger partial charge in [-0.2, -0.15) is 0 Å². The normalized spacial score (nSPS) is 11.4. The lowest BCUT2D eigenvalue weighted by Gasteiger charge is -2.01. The Kier molecular flexibility index (Phi) is 4.02. The minimum Gasteiger partial charge on any atom is -0.478 e. The molecule has 0 unspecified atom stereocenters. The van der Waals surface area contributed by atoms with Crippen LogP contribution in [-0.4, -0.2) is 20.5 Å². The number of fused-ring (bicyclic) bond motifs is 1. The van der Waals surface area contributed by atoms with Crippen molar-refractivity contribution in [2.24, 2.45) is 10.2 Å². The van der Waals surface area contributed by atoms with Gasteiger partial charge < -0.3 is 5.11 Å². The number of benzene rings is 1. The molecule has 116 valence electrons. The Morgan fingerprint density at radius 2 is 1.87 bits per heavy atom. The second-order valence-corrected chi connectivity index (χ2v) is 5.56. The number of aromatic nitrogens is 2. The lowest BCUT2D eigenvalue weighted by molar-refractivity contribution is 0.0696. The van der Waals surface area contributed by atoms with Crippen LogP contribution < -0.4 is 0 Å². The summed E-state index contributed by atoms with van der Waals surface area (Å²) in [6.45, 7) is 1.76. The first-order valence-electron chi connectivity index (χ1n) is 6.55. The van der Waals surface area contributed by atoms with Crippen LogP contribution >= 0.6 is 23.2 Å². The van der Waals surface area contributed by atoms with Crippen molar-refractivity contribution >= 4 is 46.3 Å². The summed E-state index contributed by atoms with van der Waals surface area (Å²) in [5.74, 6) is -0.616. The van der Waals surface area contributed by atoms with Crippen LogP contribution in [0.4, 0.5) is 11.5 Å². The van der Waals surface area contributed by atoms with Crippen LogP contribution in [0.15, 0.2) is 46.8 Å². The number of rotatable bonds is 3. The first-order chi connectivity index (χ1) is 11.0. The second kappa shape index (κ2) is 5.98. The van der Waals surface area contributed by atoms with E-state index in [9.17, 15) is 4.79 Å². The van der Waals surface area contributed by atoms with Gasteiger partial charge in [0.05, 0.1) is 21.3 Å². The van der Waals surface area contributed by atoms with Crippen molar-refractivity contribution in [1.29, 1.82) is 0 Å². The van der Waals surface area contributed by atoms with Gasteiger partial charge in [0.15, 0.2) is 5.82 Å². The molecule has 0 aliphatic carbocycles. The van der Waals surface area contributed by atoms with Crippen LogP contribution in [0.2, 0.25) is 10.0 Å². The van der Waals surface area contributed by atoms with Crippen LogP contribution in [0.5, 0.6) is 0 Å². The van der Waals surface area contributed by atoms with E-state index in [1.54, 1.807) is 35.6 Å². The van der Waals surface area contributed by atoms with Gasteiger partial charge >= 0.3 is 5.97 Å². The van der Waals surface area contributed by atoms with Gasteiger partial charge in [-0.3, -0.25) is 4.40 Å². The predicted octanol–water partition coefficient (Wildman–Crippen LogP) is 5.06. The summed E-state index contributed by atoms with van der Waals surface area (Å²) in [6, 6.07) is 8.12. The highest BCUT2D eigenvalue weighted by Crippen LogP contribution is 2.34. The lowest BCUT2D eigenvalue weighted by atomic mass is 10.3. The number of azo groups is 1. The molecule has 0 saturated heterocycles. The third-order valence-electron chi connectivity index (χ3n) is 3.19. The fourth-order valence-electron chi connectivity index (χ4n) is 2.08. The van der Waals surface area contributed by atoms with E-state index in [4.69, 9.17) is 28.3 Å². The lowest BCUT2D eigenvalue weighted by Crippen LogP contribution is -1.98. The molecule has 0 amide bonds. The SMILES string of the molecule is Cc1nc2ccc(C(=O)O)cn2c1N=Nc1c(Cl)cccc1Cl. The number of nitrogens with zero attached hydrogens (tertiary/aromatic N) is 4. The highest BCUT2D eigenvalue weighted by atomic mass is 35.5. The molecule has 2 heterocycles. The average molecular weight is 349 g/mol. The molecule has 0 aliphatic heterocycles. The van der Waals surface area contributed by atoms with Gasteiger partial charge in [-0.25, -0.2) is 9.78 Å². The van der Waals surface area contributed by atoms with Crippen LogP contribution in [0, 0.1) is 6.92 Å². The summed E-state index contributed by atoms with van der Waals surface area (Å²) < 4.78 is 1.56. The summed E-state index contributed by atoms with van der Waals surface area (Å²) in [7, 11) is 0. The zero-order chi connectivity index (χ0) is 16.6. The number of carboxylic acid groups (broad SMARTS) is 1. The Balaban J connectivity index is 2.12. The smallest absolute Gasteiger partial charge is 0.337 e. The van der Waals surface area contributed by atoms with Crippen molar-refractivity contribution in [3.05, 3.63) is 57.8 Å². The van der Waals surface area contributed by atoms with E-state index in [-0.39, 0.29) is 5.56 Å². The van der Waals surface area contributed by atoms with E-state index < -0.39 is 5.97 Å². The third kappa shape index (κ3) is 2.91. The van der Waals surface area contributed by atoms with E-state index in [1.165, 1.54) is 12.3 Å². The predicted molar refractivity (Wildman–Crippen MR) is 87.5 cm³/mol. The van der Waals surface area contributed by atoms with Gasteiger partial charge in [0, 0.05) is 6.20 Å². The fourth-order valence-corrected chi connectivity index (χ4v) is 2.55. The van der Waals surface area contributed by atoms with Gasteiger partial charge in [0.2, 0.25) is 0 Å². The zero-order valence-corrected chi connectivity index (χ0v) is 13.4. The average Bonchev–Trinajstić information content (AvgIpc) is 2.81. The highest BCUT2D eigenvalue weighted by molar-refractivity contribution is 6.38. The Morgan fingerprint density at radius 3 is 2.52 bits per heavy atom. The maximum Gasteiger partial charge on any atom is 0.337 e. The van der Waals surface area contributed by atoms with E-state index in [2.05, 4.69) is 15.2 Å². The van der Waals surface area contributed by atoms with Gasteiger partial charge in [0.1, 0.15) is 11.3 Å². The number of aryl methyl sites for hydroxylation is 1. The molecule has 3 rings (SSSR count). The molecular formula is C15H10Cl2N4O2. The molecule has 23 heavy (non-hydrogen) atoms. The Hall–Kier alpha value is -2.44. The minimum atomic E-state index is -1.03. The summed E-state index contributed by atoms with van der Waals surface area (Å²) >= 11 is 12.1. The van der Waals surface area contributed by atoms with Crippen LogP contribution in [0.25, 0.3) is 5.65 Å². The molecule has 6 nitrogen and oxygen atoms in total. The molecule has 0 atom stereocenters. The first kappa shape index (κ1) is 15.5. The Morgan fingerprint density at radius 1 is 1.17 bits per heavy atom. The van der Waals surface area contributed by atoms with Crippen molar-refractivity contribution in [2.75, 3.05) is 0 Å². The van der Waals surface area contributed by atoms with E-state index >= 15 is 0 Å². The Labute approximate surface area is 141 Å². The maximum absolute atomic E-state index is 11.1. The van der Waals surface area contributed by atoms with E-state index in [1.807, 2.05) is 0 Å². The topological polar surface area (TPSA) is 79.3 Å². The molecule has 8 heteroatoms. The molecule has 0 fully saturated rings. The number of imidazole rings is 1. The van der Waals surface area contributed by atoms with Gasteiger partial charge in [-0.05, 0) is 31.2 Å². The molecule has 1 aromatic carbocycles. The number of hydrogen-bond acceptors (Lipinski definition) is 4. The monoisotopic (exact) mass is 348 g/mol. The summed E-state index contributed by atoms with van der Waals surface area (Å²) in [4.78, 5) is 15.4. The number of carbonyl (C=O) groups is 1. The van der Waals surface area contributed by atoms with Crippen molar-refractivity contribution < 1.29 is 9.90 Å². The van der Waals surface area contributed by atoms with Crippen LogP contribution in [-0.2, 0) is 0 Å². The molecule has 0 aliphatic rings. The highest BCUT2D eigenvalue weighted by Gasteiger charge is 2.12. The van der Waals surface area contributed by atoms with Crippen molar-refractivity contribution in [1.82, 2.24) is 9.38 Å². The summed E-state index contributed by atoms with van der Waals surface area (Å²) in [5, 5.41) is 18.1. The summed E-state index contributed by atoms with van der Waals surface area (Å²) in [6.07, 6.45) is 1.44. The third-order valence-corrected chi connectivity index (χ3v) is 3.80. The first-order valence-corrected chi connectivity index (χ1v) is 7.30. The maximum atomic E-state index is 11.1. The molecular weight excluding hydrogens is 339 g/mol.